The van der Waals surface area contributed by atoms with Crippen molar-refractivity contribution in [2.75, 3.05) is 11.6 Å². The monoisotopic (exact) mass is 423 g/mol. The lowest BCUT2D eigenvalue weighted by atomic mass is 10.2. The van der Waals surface area contributed by atoms with E-state index in [2.05, 4.69) is 15.3 Å². The molecule has 0 aliphatic carbocycles. The van der Waals surface area contributed by atoms with Gasteiger partial charge in [-0.15, -0.1) is 0 Å². The highest BCUT2D eigenvalue weighted by atomic mass is 32.2. The lowest BCUT2D eigenvalue weighted by molar-refractivity contribution is 0.591. The number of rotatable bonds is 6. The summed E-state index contributed by atoms with van der Waals surface area (Å²) < 4.78 is 49.6. The second-order valence-corrected chi connectivity index (χ2v) is 10.9. The highest BCUT2D eigenvalue weighted by Crippen LogP contribution is 2.34. The molecule has 0 amide bonds. The second kappa shape index (κ2) is 7.37. The largest absolute Gasteiger partial charge is 0.369 e. The van der Waals surface area contributed by atoms with E-state index in [1.165, 1.54) is 12.1 Å². The first-order chi connectivity index (χ1) is 12.7. The van der Waals surface area contributed by atoms with Crippen LogP contribution in [-0.2, 0) is 26.2 Å². The van der Waals surface area contributed by atoms with Crippen LogP contribution in [0, 0.1) is 6.92 Å². The van der Waals surface area contributed by atoms with Gasteiger partial charge in [-0.1, -0.05) is 35.1 Å². The first-order valence-corrected chi connectivity index (χ1v) is 12.0. The van der Waals surface area contributed by atoms with Gasteiger partial charge in [-0.2, -0.15) is 0 Å². The van der Waals surface area contributed by atoms with Crippen molar-refractivity contribution in [3.05, 3.63) is 59.9 Å². The maximum Gasteiger partial charge on any atom is 0.226 e. The maximum atomic E-state index is 13.0. The standard InChI is InChI=1S/C17H17N3O4S3/c1-12-6-8-14(9-7-12)27(23,24)16-15(25-17(20-16)26(2,21)22)19-11-13-5-3-4-10-18-13/h3-10,19H,11H2,1-2H3. The molecule has 0 aliphatic heterocycles. The third kappa shape index (κ3) is 4.34. The number of hydrogen-bond donors (Lipinski definition) is 1. The van der Waals surface area contributed by atoms with E-state index in [4.69, 9.17) is 0 Å². The number of hydrogen-bond acceptors (Lipinski definition) is 8. The minimum absolute atomic E-state index is 0.0549. The van der Waals surface area contributed by atoms with Crippen LogP contribution >= 0.6 is 11.3 Å². The molecular weight excluding hydrogens is 406 g/mol. The van der Waals surface area contributed by atoms with Crippen molar-refractivity contribution in [1.82, 2.24) is 9.97 Å². The minimum Gasteiger partial charge on any atom is -0.369 e. The molecule has 1 aromatic carbocycles. The number of benzene rings is 1. The fraction of sp³-hybridized carbons (Fsp3) is 0.176. The summed E-state index contributed by atoms with van der Waals surface area (Å²) in [7, 11) is -7.63. The fourth-order valence-corrected chi connectivity index (χ4v) is 5.76. The molecule has 7 nitrogen and oxygen atoms in total. The molecule has 0 aliphatic rings. The molecule has 0 spiro atoms. The Hall–Kier alpha value is -2.30. The van der Waals surface area contributed by atoms with Gasteiger partial charge < -0.3 is 5.32 Å². The Morgan fingerprint density at radius 1 is 1.04 bits per heavy atom. The predicted molar refractivity (Wildman–Crippen MR) is 103 cm³/mol. The Kier molecular flexibility index (Phi) is 5.31. The molecule has 0 saturated carbocycles. The summed E-state index contributed by atoms with van der Waals surface area (Å²) in [6, 6.07) is 11.7. The molecule has 0 fully saturated rings. The Morgan fingerprint density at radius 2 is 1.74 bits per heavy atom. The summed E-state index contributed by atoms with van der Waals surface area (Å²) >= 11 is 0.793. The average molecular weight is 424 g/mol. The van der Waals surface area contributed by atoms with Crippen LogP contribution in [0.15, 0.2) is 62.9 Å². The van der Waals surface area contributed by atoms with Crippen LogP contribution < -0.4 is 5.32 Å². The zero-order valence-electron chi connectivity index (χ0n) is 14.6. The van der Waals surface area contributed by atoms with Crippen molar-refractivity contribution in [2.45, 2.75) is 27.7 Å². The molecule has 0 unspecified atom stereocenters. The first kappa shape index (κ1) is 19.5. The SMILES string of the molecule is Cc1ccc(S(=O)(=O)c2nc(S(C)(=O)=O)sc2NCc2ccccn2)cc1. The normalized spacial score (nSPS) is 12.1. The molecule has 3 aromatic rings. The fourth-order valence-electron chi connectivity index (χ4n) is 2.24. The van der Waals surface area contributed by atoms with Gasteiger partial charge in [-0.3, -0.25) is 4.98 Å². The van der Waals surface area contributed by atoms with Crippen molar-refractivity contribution in [3.63, 3.8) is 0 Å². The third-order valence-corrected chi connectivity index (χ3v) is 8.15. The molecule has 27 heavy (non-hydrogen) atoms. The molecule has 2 aromatic heterocycles. The molecule has 0 saturated heterocycles. The van der Waals surface area contributed by atoms with Crippen molar-refractivity contribution in [3.8, 4) is 0 Å². The van der Waals surface area contributed by atoms with Crippen LogP contribution in [-0.4, -0.2) is 33.1 Å². The number of sulfone groups is 2. The van der Waals surface area contributed by atoms with Crippen LogP contribution in [0.3, 0.4) is 0 Å². The molecule has 142 valence electrons. The van der Waals surface area contributed by atoms with Gasteiger partial charge in [-0.25, -0.2) is 21.8 Å². The van der Waals surface area contributed by atoms with Crippen molar-refractivity contribution < 1.29 is 16.8 Å². The molecule has 0 bridgehead atoms. The zero-order valence-corrected chi connectivity index (χ0v) is 17.0. The summed E-state index contributed by atoms with van der Waals surface area (Å²) in [4.78, 5) is 8.14. The first-order valence-electron chi connectivity index (χ1n) is 7.84. The Morgan fingerprint density at radius 3 is 2.33 bits per heavy atom. The van der Waals surface area contributed by atoms with Gasteiger partial charge >= 0.3 is 0 Å². The summed E-state index contributed by atoms with van der Waals surface area (Å²) in [5.74, 6) is 0. The van der Waals surface area contributed by atoms with Crippen LogP contribution in [0.5, 0.6) is 0 Å². The smallest absolute Gasteiger partial charge is 0.226 e. The van der Waals surface area contributed by atoms with Gasteiger partial charge in [0.2, 0.25) is 24.0 Å². The van der Waals surface area contributed by atoms with E-state index >= 15 is 0 Å². The van der Waals surface area contributed by atoms with Gasteiger partial charge in [0.05, 0.1) is 17.1 Å². The van der Waals surface area contributed by atoms with Crippen molar-refractivity contribution >= 4 is 36.0 Å². The maximum absolute atomic E-state index is 13.0. The molecule has 0 radical (unpaired) electrons. The van der Waals surface area contributed by atoms with Crippen LogP contribution in [0.4, 0.5) is 5.00 Å². The summed E-state index contributed by atoms with van der Waals surface area (Å²) in [5, 5.41) is 2.83. The van der Waals surface area contributed by atoms with Gasteiger partial charge in [-0.05, 0) is 31.2 Å². The zero-order chi connectivity index (χ0) is 19.7. The molecule has 3 rings (SSSR count). The van der Waals surface area contributed by atoms with Crippen molar-refractivity contribution in [2.24, 2.45) is 0 Å². The van der Waals surface area contributed by atoms with Gasteiger partial charge in [0.1, 0.15) is 5.00 Å². The number of thiazole rings is 1. The molecule has 1 N–H and O–H groups in total. The highest BCUT2D eigenvalue weighted by Gasteiger charge is 2.29. The molecular formula is C17H17N3O4S3. The summed E-state index contributed by atoms with van der Waals surface area (Å²) in [6.07, 6.45) is 2.62. The van der Waals surface area contributed by atoms with Crippen molar-refractivity contribution in [1.29, 1.82) is 0 Å². The van der Waals surface area contributed by atoms with Crippen LogP contribution in [0.1, 0.15) is 11.3 Å². The summed E-state index contributed by atoms with van der Waals surface area (Å²) in [6.45, 7) is 2.09. The van der Waals surface area contributed by atoms with E-state index in [9.17, 15) is 16.8 Å². The Balaban J connectivity index is 2.04. The Labute approximate surface area is 162 Å². The molecule has 0 atom stereocenters. The predicted octanol–water partition coefficient (Wildman–Crippen LogP) is 2.69. The van der Waals surface area contributed by atoms with Gasteiger partial charge in [0.15, 0.2) is 5.03 Å². The number of aryl methyl sites for hydroxylation is 1. The Bertz CT molecular complexity index is 1150. The van der Waals surface area contributed by atoms with Gasteiger partial charge in [0, 0.05) is 12.5 Å². The topological polar surface area (TPSA) is 106 Å². The molecule has 10 heteroatoms. The van der Waals surface area contributed by atoms with E-state index in [0.717, 1.165) is 23.2 Å². The number of nitrogens with zero attached hydrogens (tertiary/aromatic N) is 2. The summed E-state index contributed by atoms with van der Waals surface area (Å²) in [5.41, 5.74) is 1.60. The molecule has 2 heterocycles. The van der Waals surface area contributed by atoms with Crippen LogP contribution in [0.2, 0.25) is 0 Å². The quantitative estimate of drug-likeness (QED) is 0.650. The van der Waals surface area contributed by atoms with E-state index in [-0.39, 0.29) is 25.8 Å². The van der Waals surface area contributed by atoms with E-state index in [1.807, 2.05) is 13.0 Å². The average Bonchev–Trinajstić information content (AvgIpc) is 3.07. The van der Waals surface area contributed by atoms with Crippen LogP contribution in [0.25, 0.3) is 0 Å². The van der Waals surface area contributed by atoms with Gasteiger partial charge in [0.25, 0.3) is 0 Å². The third-order valence-electron chi connectivity index (χ3n) is 3.64. The second-order valence-electron chi connectivity index (χ2n) is 5.88. The lowest BCUT2D eigenvalue weighted by Crippen LogP contribution is -2.08. The van der Waals surface area contributed by atoms with E-state index in [0.29, 0.717) is 5.69 Å². The number of anilines is 1. The van der Waals surface area contributed by atoms with E-state index < -0.39 is 19.7 Å². The number of pyridine rings is 1. The highest BCUT2D eigenvalue weighted by molar-refractivity contribution is 7.93. The minimum atomic E-state index is -3.98. The lowest BCUT2D eigenvalue weighted by Gasteiger charge is -2.07. The van der Waals surface area contributed by atoms with E-state index in [1.54, 1.807) is 30.5 Å². The number of nitrogens with one attached hydrogen (secondary N) is 1. The number of aromatic nitrogens is 2.